The van der Waals surface area contributed by atoms with Gasteiger partial charge in [0.15, 0.2) is 0 Å². The van der Waals surface area contributed by atoms with Gasteiger partial charge in [-0.15, -0.1) is 0 Å². The number of unbranched alkanes of at least 4 members (excludes halogenated alkanes) is 1. The Labute approximate surface area is 69.6 Å². The monoisotopic (exact) mass is 148 g/mol. The van der Waals surface area contributed by atoms with E-state index in [0.29, 0.717) is 0 Å². The molecule has 0 heteroatoms. The van der Waals surface area contributed by atoms with Crippen molar-refractivity contribution in [1.82, 2.24) is 0 Å². The van der Waals surface area contributed by atoms with Gasteiger partial charge in [-0.2, -0.15) is 0 Å². The second kappa shape index (κ2) is 8.96. The molecule has 0 aliphatic carbocycles. The smallest absolute Gasteiger partial charge is 0.0350 e. The van der Waals surface area contributed by atoms with Crippen molar-refractivity contribution in [2.45, 2.75) is 19.8 Å². The molecule has 0 amide bonds. The summed E-state index contributed by atoms with van der Waals surface area (Å²) in [5.41, 5.74) is 0. The lowest BCUT2D eigenvalue weighted by molar-refractivity contribution is 0.959. The van der Waals surface area contributed by atoms with Crippen LogP contribution in [0.4, 0.5) is 0 Å². The largest absolute Gasteiger partial charge is 0.0991 e. The quantitative estimate of drug-likeness (QED) is 0.522. The molecule has 0 aliphatic rings. The summed E-state index contributed by atoms with van der Waals surface area (Å²) >= 11 is 0. The van der Waals surface area contributed by atoms with Crippen molar-refractivity contribution in [2.24, 2.45) is 0 Å². The average molecular weight is 148 g/mol. The molecule has 0 radical (unpaired) electrons. The number of hydrogen-bond acceptors (Lipinski definition) is 0. The van der Waals surface area contributed by atoms with Gasteiger partial charge in [-0.25, -0.2) is 0 Å². The Bertz CT molecular complexity index is 159. The van der Waals surface area contributed by atoms with Gasteiger partial charge in [-0.3, -0.25) is 0 Å². The minimum atomic E-state index is 1.16. The van der Waals surface area contributed by atoms with E-state index in [1.54, 1.807) is 6.08 Å². The van der Waals surface area contributed by atoms with Crippen LogP contribution in [0.2, 0.25) is 0 Å². The summed E-state index contributed by atoms with van der Waals surface area (Å²) in [6.07, 6.45) is 16.3. The van der Waals surface area contributed by atoms with Gasteiger partial charge in [0.25, 0.3) is 0 Å². The van der Waals surface area contributed by atoms with Crippen molar-refractivity contribution in [1.29, 1.82) is 0 Å². The fourth-order valence-electron chi connectivity index (χ4n) is 0.612. The summed E-state index contributed by atoms with van der Waals surface area (Å²) in [7, 11) is 0. The lowest BCUT2D eigenvalue weighted by atomic mass is 10.3. The van der Waals surface area contributed by atoms with Crippen LogP contribution >= 0.6 is 0 Å². The summed E-state index contributed by atoms with van der Waals surface area (Å²) in [5, 5.41) is 0. The third kappa shape index (κ3) is 8.96. The van der Waals surface area contributed by atoms with Crippen LogP contribution in [0.3, 0.4) is 0 Å². The lowest BCUT2D eigenvalue weighted by Gasteiger charge is -1.79. The highest BCUT2D eigenvalue weighted by atomic mass is 13.7. The van der Waals surface area contributed by atoms with E-state index >= 15 is 0 Å². The van der Waals surface area contributed by atoms with Crippen LogP contribution in [-0.4, -0.2) is 0 Å². The lowest BCUT2D eigenvalue weighted by Crippen LogP contribution is -1.58. The van der Waals surface area contributed by atoms with E-state index in [-0.39, 0.29) is 0 Å². The van der Waals surface area contributed by atoms with Gasteiger partial charge in [0.05, 0.1) is 0 Å². The zero-order valence-corrected chi connectivity index (χ0v) is 7.16. The van der Waals surface area contributed by atoms with Crippen molar-refractivity contribution < 1.29 is 0 Å². The fraction of sp³-hybridized carbons (Fsp3) is 0.273. The first-order valence-electron chi connectivity index (χ1n) is 4.02. The predicted octanol–water partition coefficient (Wildman–Crippen LogP) is 3.64. The van der Waals surface area contributed by atoms with Crippen LogP contribution in [0.25, 0.3) is 0 Å². The van der Waals surface area contributed by atoms with Gasteiger partial charge in [-0.05, 0) is 6.42 Å². The molecule has 0 spiro atoms. The van der Waals surface area contributed by atoms with Crippen molar-refractivity contribution in [3.63, 3.8) is 0 Å². The molecule has 0 aromatic heterocycles. The topological polar surface area (TPSA) is 0 Å². The molecule has 0 aromatic carbocycles. The molecule has 0 fully saturated rings. The highest BCUT2D eigenvalue weighted by Crippen LogP contribution is 1.88. The van der Waals surface area contributed by atoms with E-state index in [1.165, 1.54) is 6.42 Å². The van der Waals surface area contributed by atoms with Gasteiger partial charge in [0.2, 0.25) is 0 Å². The van der Waals surface area contributed by atoms with Crippen LogP contribution in [0, 0.1) is 0 Å². The third-order valence-electron chi connectivity index (χ3n) is 1.17. The van der Waals surface area contributed by atoms with Crippen molar-refractivity contribution in [3.8, 4) is 0 Å². The first kappa shape index (κ1) is 9.96. The highest BCUT2D eigenvalue weighted by Gasteiger charge is 1.68. The van der Waals surface area contributed by atoms with E-state index in [1.807, 2.05) is 24.3 Å². The molecule has 0 atom stereocenters. The maximum Gasteiger partial charge on any atom is -0.0350 e. The minimum Gasteiger partial charge on any atom is -0.0991 e. The number of rotatable bonds is 5. The number of allylic oxidation sites excluding steroid dienone is 7. The molecule has 11 heavy (non-hydrogen) atoms. The summed E-state index contributed by atoms with van der Waals surface area (Å²) in [4.78, 5) is 0. The maximum atomic E-state index is 3.57. The number of hydrogen-bond donors (Lipinski definition) is 0. The Balaban J connectivity index is 3.42. The van der Waals surface area contributed by atoms with Crippen molar-refractivity contribution in [3.05, 3.63) is 49.1 Å². The molecule has 0 heterocycles. The first-order chi connectivity index (χ1) is 5.41. The second-order valence-electron chi connectivity index (χ2n) is 2.22. The Morgan fingerprint density at radius 3 is 2.27 bits per heavy atom. The molecule has 0 unspecified atom stereocenters. The van der Waals surface area contributed by atoms with E-state index in [9.17, 15) is 0 Å². The van der Waals surface area contributed by atoms with Gasteiger partial charge in [0.1, 0.15) is 0 Å². The highest BCUT2D eigenvalue weighted by molar-refractivity contribution is 5.14. The Kier molecular flexibility index (Phi) is 8.11. The first-order valence-corrected chi connectivity index (χ1v) is 4.02. The SMILES string of the molecule is C=C\C=C/C=C\C=C/CCC. The van der Waals surface area contributed by atoms with E-state index in [0.717, 1.165) is 6.42 Å². The molecule has 60 valence electrons. The standard InChI is InChI=1S/C11H16/c1-3-5-7-9-11-10-8-6-4-2/h3,5,7-11H,1,4,6H2,2H3/b7-5-,10-8-,11-9-. The maximum absolute atomic E-state index is 3.57. The Morgan fingerprint density at radius 1 is 1.00 bits per heavy atom. The molecule has 0 N–H and O–H groups in total. The summed E-state index contributed by atoms with van der Waals surface area (Å²) in [5.74, 6) is 0. The molecule has 0 nitrogen and oxygen atoms in total. The van der Waals surface area contributed by atoms with Gasteiger partial charge < -0.3 is 0 Å². The molecular formula is C11H16. The van der Waals surface area contributed by atoms with Crippen LogP contribution in [0.15, 0.2) is 49.1 Å². The zero-order chi connectivity index (χ0) is 8.36. The second-order valence-corrected chi connectivity index (χ2v) is 2.22. The van der Waals surface area contributed by atoms with Gasteiger partial charge in [-0.1, -0.05) is 62.5 Å². The molecular weight excluding hydrogens is 132 g/mol. The summed E-state index contributed by atoms with van der Waals surface area (Å²) in [6, 6.07) is 0. The Hall–Kier alpha value is -1.04. The molecule has 0 bridgehead atoms. The van der Waals surface area contributed by atoms with E-state index in [4.69, 9.17) is 0 Å². The predicted molar refractivity (Wildman–Crippen MR) is 52.5 cm³/mol. The van der Waals surface area contributed by atoms with Crippen LogP contribution in [0.1, 0.15) is 19.8 Å². The van der Waals surface area contributed by atoms with E-state index in [2.05, 4.69) is 25.7 Å². The van der Waals surface area contributed by atoms with Crippen LogP contribution in [0.5, 0.6) is 0 Å². The third-order valence-corrected chi connectivity index (χ3v) is 1.17. The molecule has 0 aromatic rings. The molecule has 0 saturated heterocycles. The van der Waals surface area contributed by atoms with Gasteiger partial charge in [0, 0.05) is 0 Å². The van der Waals surface area contributed by atoms with Crippen LogP contribution in [-0.2, 0) is 0 Å². The summed E-state index contributed by atoms with van der Waals surface area (Å²) < 4.78 is 0. The fourth-order valence-corrected chi connectivity index (χ4v) is 0.612. The molecule has 0 aliphatic heterocycles. The minimum absolute atomic E-state index is 1.16. The van der Waals surface area contributed by atoms with E-state index < -0.39 is 0 Å². The molecule has 0 rings (SSSR count). The zero-order valence-electron chi connectivity index (χ0n) is 7.16. The van der Waals surface area contributed by atoms with Crippen molar-refractivity contribution in [2.75, 3.05) is 0 Å². The van der Waals surface area contributed by atoms with Gasteiger partial charge >= 0.3 is 0 Å². The van der Waals surface area contributed by atoms with Crippen LogP contribution < -0.4 is 0 Å². The van der Waals surface area contributed by atoms with Crippen molar-refractivity contribution >= 4 is 0 Å². The normalized spacial score (nSPS) is 12.1. The average Bonchev–Trinajstić information content (AvgIpc) is 2.03. The Morgan fingerprint density at radius 2 is 1.64 bits per heavy atom. The molecule has 0 saturated carbocycles. The summed E-state index contributed by atoms with van der Waals surface area (Å²) in [6.45, 7) is 5.74.